The number of nitrogens with two attached hydrogens (primary N) is 1. The molecule has 0 radical (unpaired) electrons. The van der Waals surface area contributed by atoms with Crippen molar-refractivity contribution in [2.24, 2.45) is 5.92 Å². The molecule has 1 aromatic rings. The fourth-order valence-corrected chi connectivity index (χ4v) is 2.15. The molecule has 0 aliphatic heterocycles. The molecule has 0 aliphatic carbocycles. The van der Waals surface area contributed by atoms with Gasteiger partial charge in [0.05, 0.1) is 18.4 Å². The number of aliphatic hydroxyl groups excluding tert-OH is 1. The molecule has 0 saturated heterocycles. The van der Waals surface area contributed by atoms with E-state index in [9.17, 15) is 5.11 Å². The zero-order valence-corrected chi connectivity index (χ0v) is 12.1. The zero-order valence-electron chi connectivity index (χ0n) is 12.1. The van der Waals surface area contributed by atoms with Gasteiger partial charge in [0.1, 0.15) is 5.75 Å². The number of benzene rings is 1. The van der Waals surface area contributed by atoms with E-state index in [4.69, 9.17) is 10.5 Å². The first-order valence-electron chi connectivity index (χ1n) is 7.06. The Morgan fingerprint density at radius 1 is 1.26 bits per heavy atom. The van der Waals surface area contributed by atoms with Crippen molar-refractivity contribution in [1.29, 1.82) is 0 Å². The van der Waals surface area contributed by atoms with Crippen LogP contribution in [0.2, 0.25) is 0 Å². The van der Waals surface area contributed by atoms with Crippen LogP contribution in [0.5, 0.6) is 5.75 Å². The molecule has 19 heavy (non-hydrogen) atoms. The van der Waals surface area contributed by atoms with Gasteiger partial charge in [-0.15, -0.1) is 0 Å². The molecule has 0 fully saturated rings. The van der Waals surface area contributed by atoms with E-state index in [0.29, 0.717) is 30.5 Å². The number of nitrogen functional groups attached to an aromatic ring is 1. The van der Waals surface area contributed by atoms with E-state index in [1.54, 1.807) is 0 Å². The second-order valence-electron chi connectivity index (χ2n) is 4.71. The minimum atomic E-state index is -0.330. The molecule has 4 heteroatoms. The smallest absolute Gasteiger partial charge is 0.144 e. The van der Waals surface area contributed by atoms with Crippen molar-refractivity contribution in [3.63, 3.8) is 0 Å². The second kappa shape index (κ2) is 7.89. The van der Waals surface area contributed by atoms with Crippen LogP contribution in [-0.4, -0.2) is 24.4 Å². The van der Waals surface area contributed by atoms with Crippen LogP contribution in [0.1, 0.15) is 33.6 Å². The maximum absolute atomic E-state index is 10.1. The van der Waals surface area contributed by atoms with E-state index >= 15 is 0 Å². The van der Waals surface area contributed by atoms with E-state index in [1.165, 1.54) is 0 Å². The van der Waals surface area contributed by atoms with Crippen molar-refractivity contribution < 1.29 is 9.84 Å². The predicted molar refractivity (Wildman–Crippen MR) is 80.6 cm³/mol. The Balaban J connectivity index is 2.60. The third-order valence-corrected chi connectivity index (χ3v) is 3.42. The van der Waals surface area contributed by atoms with E-state index in [2.05, 4.69) is 19.2 Å². The molecule has 0 amide bonds. The molecule has 108 valence electrons. The zero-order chi connectivity index (χ0) is 14.3. The van der Waals surface area contributed by atoms with Gasteiger partial charge in [0, 0.05) is 18.3 Å². The Kier molecular flexibility index (Phi) is 6.50. The molecule has 0 saturated carbocycles. The van der Waals surface area contributed by atoms with Gasteiger partial charge in [-0.25, -0.2) is 0 Å². The maximum Gasteiger partial charge on any atom is 0.144 e. The molecule has 1 unspecified atom stereocenters. The highest BCUT2D eigenvalue weighted by Crippen LogP contribution is 2.25. The van der Waals surface area contributed by atoms with Gasteiger partial charge in [-0.1, -0.05) is 26.7 Å². The SMILES string of the molecule is CCOc1cc(NCC(O)C(CC)CC)ccc1N. The van der Waals surface area contributed by atoms with E-state index < -0.39 is 0 Å². The lowest BCUT2D eigenvalue weighted by molar-refractivity contribution is 0.114. The Morgan fingerprint density at radius 2 is 1.95 bits per heavy atom. The number of aliphatic hydroxyl groups is 1. The lowest BCUT2D eigenvalue weighted by Gasteiger charge is -2.21. The second-order valence-corrected chi connectivity index (χ2v) is 4.71. The van der Waals surface area contributed by atoms with E-state index in [1.807, 2.05) is 25.1 Å². The standard InChI is InChI=1S/C15H26N2O2/c1-4-11(5-2)14(18)10-17-12-7-8-13(16)15(9-12)19-6-3/h7-9,11,14,17-18H,4-6,10,16H2,1-3H3. The summed E-state index contributed by atoms with van der Waals surface area (Å²) in [6.45, 7) is 7.27. The fourth-order valence-electron chi connectivity index (χ4n) is 2.15. The van der Waals surface area contributed by atoms with E-state index in [-0.39, 0.29) is 6.10 Å². The first-order chi connectivity index (χ1) is 9.12. The maximum atomic E-state index is 10.1. The monoisotopic (exact) mass is 266 g/mol. The van der Waals surface area contributed by atoms with Gasteiger partial charge in [-0.2, -0.15) is 0 Å². The Morgan fingerprint density at radius 3 is 2.53 bits per heavy atom. The molecular formula is C15H26N2O2. The molecule has 4 nitrogen and oxygen atoms in total. The molecule has 0 heterocycles. The quantitative estimate of drug-likeness (QED) is 0.633. The van der Waals surface area contributed by atoms with Gasteiger partial charge in [0.2, 0.25) is 0 Å². The highest BCUT2D eigenvalue weighted by molar-refractivity contribution is 5.61. The molecular weight excluding hydrogens is 240 g/mol. The number of hydrogen-bond donors (Lipinski definition) is 3. The van der Waals surface area contributed by atoms with Crippen molar-refractivity contribution in [3.8, 4) is 5.75 Å². The largest absolute Gasteiger partial charge is 0.492 e. The molecule has 0 spiro atoms. The minimum Gasteiger partial charge on any atom is -0.492 e. The topological polar surface area (TPSA) is 67.5 Å². The summed E-state index contributed by atoms with van der Waals surface area (Å²) in [5, 5.41) is 13.3. The summed E-state index contributed by atoms with van der Waals surface area (Å²) in [4.78, 5) is 0. The van der Waals surface area contributed by atoms with Crippen LogP contribution in [0.15, 0.2) is 18.2 Å². The predicted octanol–water partition coefficient (Wildman–Crippen LogP) is 2.88. The highest BCUT2D eigenvalue weighted by atomic mass is 16.5. The van der Waals surface area contributed by atoms with Crippen LogP contribution in [0.4, 0.5) is 11.4 Å². The van der Waals surface area contributed by atoms with Crippen molar-refractivity contribution in [2.45, 2.75) is 39.7 Å². The number of hydrogen-bond acceptors (Lipinski definition) is 4. The van der Waals surface area contributed by atoms with Crippen LogP contribution in [0, 0.1) is 5.92 Å². The highest BCUT2D eigenvalue weighted by Gasteiger charge is 2.15. The Labute approximate surface area is 116 Å². The van der Waals surface area contributed by atoms with Crippen molar-refractivity contribution in [2.75, 3.05) is 24.2 Å². The van der Waals surface area contributed by atoms with Gasteiger partial charge in [0.15, 0.2) is 0 Å². The van der Waals surface area contributed by atoms with Crippen LogP contribution in [-0.2, 0) is 0 Å². The van der Waals surface area contributed by atoms with Gasteiger partial charge in [-0.3, -0.25) is 0 Å². The summed E-state index contributed by atoms with van der Waals surface area (Å²) in [7, 11) is 0. The summed E-state index contributed by atoms with van der Waals surface area (Å²) >= 11 is 0. The van der Waals surface area contributed by atoms with Gasteiger partial charge < -0.3 is 20.9 Å². The third-order valence-electron chi connectivity index (χ3n) is 3.42. The number of nitrogens with one attached hydrogen (secondary N) is 1. The third kappa shape index (κ3) is 4.63. The summed E-state index contributed by atoms with van der Waals surface area (Å²) in [6.07, 6.45) is 1.65. The van der Waals surface area contributed by atoms with Crippen LogP contribution in [0.3, 0.4) is 0 Å². The first kappa shape index (κ1) is 15.6. The van der Waals surface area contributed by atoms with Crippen molar-refractivity contribution >= 4 is 11.4 Å². The number of anilines is 2. The molecule has 0 aliphatic rings. The average molecular weight is 266 g/mol. The first-order valence-corrected chi connectivity index (χ1v) is 7.06. The van der Waals surface area contributed by atoms with E-state index in [0.717, 1.165) is 18.5 Å². The minimum absolute atomic E-state index is 0.330. The average Bonchev–Trinajstić information content (AvgIpc) is 2.41. The van der Waals surface area contributed by atoms with Gasteiger partial charge >= 0.3 is 0 Å². The van der Waals surface area contributed by atoms with Crippen LogP contribution in [0.25, 0.3) is 0 Å². The summed E-state index contributed by atoms with van der Waals surface area (Å²) in [5.41, 5.74) is 7.37. The molecule has 0 aromatic heterocycles. The van der Waals surface area contributed by atoms with Gasteiger partial charge in [0.25, 0.3) is 0 Å². The van der Waals surface area contributed by atoms with Crippen LogP contribution >= 0.6 is 0 Å². The Bertz CT molecular complexity index is 378. The molecule has 1 rings (SSSR count). The summed E-state index contributed by atoms with van der Waals surface area (Å²) in [6, 6.07) is 5.59. The van der Waals surface area contributed by atoms with Crippen LogP contribution < -0.4 is 15.8 Å². The van der Waals surface area contributed by atoms with Crippen molar-refractivity contribution in [3.05, 3.63) is 18.2 Å². The normalized spacial score (nSPS) is 12.5. The number of ether oxygens (including phenoxy) is 1. The lowest BCUT2D eigenvalue weighted by Crippen LogP contribution is -2.27. The Hall–Kier alpha value is -1.42. The summed E-state index contributed by atoms with van der Waals surface area (Å²) in [5.74, 6) is 1.03. The summed E-state index contributed by atoms with van der Waals surface area (Å²) < 4.78 is 5.45. The molecule has 1 atom stereocenters. The van der Waals surface area contributed by atoms with Crippen molar-refractivity contribution in [1.82, 2.24) is 0 Å². The molecule has 1 aromatic carbocycles. The molecule has 4 N–H and O–H groups in total. The fraction of sp³-hybridized carbons (Fsp3) is 0.600. The number of rotatable bonds is 8. The van der Waals surface area contributed by atoms with Gasteiger partial charge in [-0.05, 0) is 25.0 Å². The molecule has 0 bridgehead atoms. The lowest BCUT2D eigenvalue weighted by atomic mass is 9.96.